The summed E-state index contributed by atoms with van der Waals surface area (Å²) in [6, 6.07) is 4.76. The summed E-state index contributed by atoms with van der Waals surface area (Å²) in [5, 5.41) is 6.88. The van der Waals surface area contributed by atoms with Crippen LogP contribution >= 0.6 is 11.6 Å². The first kappa shape index (κ1) is 13.4. The summed E-state index contributed by atoms with van der Waals surface area (Å²) >= 11 is 5.67. The quantitative estimate of drug-likeness (QED) is 0.721. The van der Waals surface area contributed by atoms with E-state index in [0.717, 1.165) is 26.1 Å². The maximum absolute atomic E-state index is 13.3. The molecule has 2 nitrogen and oxygen atoms in total. The van der Waals surface area contributed by atoms with Crippen LogP contribution in [0.25, 0.3) is 0 Å². The fourth-order valence-corrected chi connectivity index (χ4v) is 1.53. The van der Waals surface area contributed by atoms with Crippen LogP contribution in [0.2, 0.25) is 5.02 Å². The highest BCUT2D eigenvalue weighted by atomic mass is 35.5. The van der Waals surface area contributed by atoms with Crippen molar-refractivity contribution in [3.63, 3.8) is 0 Å². The molecule has 1 aromatic carbocycles. The van der Waals surface area contributed by atoms with Crippen LogP contribution in [0.5, 0.6) is 0 Å². The second kappa shape index (κ2) is 7.60. The monoisotopic (exact) mass is 244 g/mol. The zero-order chi connectivity index (χ0) is 11.8. The van der Waals surface area contributed by atoms with Gasteiger partial charge in [0.25, 0.3) is 0 Å². The molecular weight excluding hydrogens is 227 g/mol. The zero-order valence-corrected chi connectivity index (χ0v) is 10.3. The van der Waals surface area contributed by atoms with E-state index in [2.05, 4.69) is 17.6 Å². The van der Waals surface area contributed by atoms with Gasteiger partial charge in [-0.1, -0.05) is 24.6 Å². The van der Waals surface area contributed by atoms with Crippen molar-refractivity contribution < 1.29 is 4.39 Å². The molecular formula is C12H18ClFN2. The van der Waals surface area contributed by atoms with E-state index in [9.17, 15) is 4.39 Å². The topological polar surface area (TPSA) is 24.1 Å². The fourth-order valence-electron chi connectivity index (χ4n) is 1.37. The maximum atomic E-state index is 13.3. The zero-order valence-electron chi connectivity index (χ0n) is 9.52. The van der Waals surface area contributed by atoms with Crippen LogP contribution in [0, 0.1) is 5.82 Å². The number of hydrogen-bond acceptors (Lipinski definition) is 2. The normalized spacial score (nSPS) is 10.7. The molecule has 0 fully saturated rings. The molecule has 0 saturated carbocycles. The van der Waals surface area contributed by atoms with E-state index >= 15 is 0 Å². The van der Waals surface area contributed by atoms with Crippen molar-refractivity contribution in [1.82, 2.24) is 10.6 Å². The molecule has 16 heavy (non-hydrogen) atoms. The predicted molar refractivity (Wildman–Crippen MR) is 66.3 cm³/mol. The summed E-state index contributed by atoms with van der Waals surface area (Å²) in [4.78, 5) is 0. The van der Waals surface area contributed by atoms with Gasteiger partial charge in [-0.15, -0.1) is 0 Å². The third-order valence-electron chi connectivity index (χ3n) is 2.24. The van der Waals surface area contributed by atoms with Gasteiger partial charge in [-0.05, 0) is 25.1 Å². The van der Waals surface area contributed by atoms with Crippen molar-refractivity contribution in [3.8, 4) is 0 Å². The summed E-state index contributed by atoms with van der Waals surface area (Å²) in [7, 11) is 0. The number of rotatable bonds is 7. The van der Waals surface area contributed by atoms with Gasteiger partial charge < -0.3 is 10.6 Å². The lowest BCUT2D eigenvalue weighted by molar-refractivity contribution is 0.572. The van der Waals surface area contributed by atoms with Crippen LogP contribution < -0.4 is 10.6 Å². The molecule has 0 radical (unpaired) electrons. The molecule has 0 saturated heterocycles. The second-order valence-corrected chi connectivity index (χ2v) is 4.10. The first-order valence-corrected chi connectivity index (χ1v) is 5.97. The van der Waals surface area contributed by atoms with Crippen LogP contribution in [0.15, 0.2) is 18.2 Å². The van der Waals surface area contributed by atoms with Crippen LogP contribution in [0.3, 0.4) is 0 Å². The Labute approximate surface area is 101 Å². The molecule has 4 heteroatoms. The minimum absolute atomic E-state index is 0.249. The second-order valence-electron chi connectivity index (χ2n) is 3.66. The van der Waals surface area contributed by atoms with Crippen molar-refractivity contribution in [1.29, 1.82) is 0 Å². The average Bonchev–Trinajstić information content (AvgIpc) is 2.26. The van der Waals surface area contributed by atoms with Gasteiger partial charge in [0.15, 0.2) is 0 Å². The predicted octanol–water partition coefficient (Wildman–Crippen LogP) is 2.57. The van der Waals surface area contributed by atoms with E-state index in [1.165, 1.54) is 6.07 Å². The number of halogens is 2. The number of nitrogens with one attached hydrogen (secondary N) is 2. The summed E-state index contributed by atoms with van der Waals surface area (Å²) in [6.45, 7) is 5.43. The Morgan fingerprint density at radius 2 is 1.94 bits per heavy atom. The highest BCUT2D eigenvalue weighted by Crippen LogP contribution is 2.14. The molecule has 0 heterocycles. The lowest BCUT2D eigenvalue weighted by Crippen LogP contribution is -2.27. The molecule has 0 aliphatic rings. The van der Waals surface area contributed by atoms with Crippen molar-refractivity contribution in [2.24, 2.45) is 0 Å². The Hall–Kier alpha value is -0.640. The smallest absolute Gasteiger partial charge is 0.129 e. The van der Waals surface area contributed by atoms with E-state index in [-0.39, 0.29) is 5.82 Å². The Morgan fingerprint density at radius 3 is 2.62 bits per heavy atom. The Morgan fingerprint density at radius 1 is 1.19 bits per heavy atom. The van der Waals surface area contributed by atoms with E-state index in [0.29, 0.717) is 17.1 Å². The maximum Gasteiger partial charge on any atom is 0.129 e. The lowest BCUT2D eigenvalue weighted by atomic mass is 10.2. The molecule has 0 spiro atoms. The average molecular weight is 245 g/mol. The molecule has 0 bridgehead atoms. The third-order valence-corrected chi connectivity index (χ3v) is 2.47. The van der Waals surface area contributed by atoms with Crippen LogP contribution in [-0.4, -0.2) is 19.6 Å². The molecule has 0 unspecified atom stereocenters. The largest absolute Gasteiger partial charge is 0.315 e. The van der Waals surface area contributed by atoms with E-state index < -0.39 is 0 Å². The molecule has 1 aromatic rings. The Bertz CT molecular complexity index is 318. The standard InChI is InChI=1S/C12H18ClFN2/c1-2-5-15-6-7-16-9-10-3-4-11(13)8-12(10)14/h3-4,8,15-16H,2,5-7,9H2,1H3. The van der Waals surface area contributed by atoms with Gasteiger partial charge in [-0.3, -0.25) is 0 Å². The van der Waals surface area contributed by atoms with E-state index in [1.807, 2.05) is 0 Å². The minimum Gasteiger partial charge on any atom is -0.315 e. The van der Waals surface area contributed by atoms with E-state index in [1.54, 1.807) is 12.1 Å². The van der Waals surface area contributed by atoms with Gasteiger partial charge in [-0.25, -0.2) is 4.39 Å². The fraction of sp³-hybridized carbons (Fsp3) is 0.500. The molecule has 90 valence electrons. The van der Waals surface area contributed by atoms with Gasteiger partial charge in [0.1, 0.15) is 5.82 Å². The first-order valence-electron chi connectivity index (χ1n) is 5.59. The highest BCUT2D eigenvalue weighted by Gasteiger charge is 2.01. The van der Waals surface area contributed by atoms with Gasteiger partial charge in [0.2, 0.25) is 0 Å². The van der Waals surface area contributed by atoms with Gasteiger partial charge in [-0.2, -0.15) is 0 Å². The molecule has 0 aromatic heterocycles. The van der Waals surface area contributed by atoms with Gasteiger partial charge >= 0.3 is 0 Å². The molecule has 0 atom stereocenters. The Kier molecular flexibility index (Phi) is 6.38. The molecule has 0 amide bonds. The van der Waals surface area contributed by atoms with Crippen LogP contribution in [-0.2, 0) is 6.54 Å². The van der Waals surface area contributed by atoms with Crippen molar-refractivity contribution >= 4 is 11.6 Å². The molecule has 2 N–H and O–H groups in total. The molecule has 1 rings (SSSR count). The van der Waals surface area contributed by atoms with E-state index in [4.69, 9.17) is 11.6 Å². The van der Waals surface area contributed by atoms with Crippen molar-refractivity contribution in [2.45, 2.75) is 19.9 Å². The summed E-state index contributed by atoms with van der Waals surface area (Å²) in [6.07, 6.45) is 1.13. The molecule has 0 aliphatic carbocycles. The third kappa shape index (κ3) is 4.92. The van der Waals surface area contributed by atoms with Crippen molar-refractivity contribution in [3.05, 3.63) is 34.6 Å². The Balaban J connectivity index is 2.21. The highest BCUT2D eigenvalue weighted by molar-refractivity contribution is 6.30. The SMILES string of the molecule is CCCNCCNCc1ccc(Cl)cc1F. The van der Waals surface area contributed by atoms with Crippen LogP contribution in [0.4, 0.5) is 4.39 Å². The number of benzene rings is 1. The van der Waals surface area contributed by atoms with Gasteiger partial charge in [0.05, 0.1) is 0 Å². The summed E-state index contributed by atoms with van der Waals surface area (Å²) < 4.78 is 13.3. The van der Waals surface area contributed by atoms with Gasteiger partial charge in [0, 0.05) is 30.2 Å². The molecule has 0 aliphatic heterocycles. The van der Waals surface area contributed by atoms with Crippen LogP contribution in [0.1, 0.15) is 18.9 Å². The summed E-state index contributed by atoms with van der Waals surface area (Å²) in [5.41, 5.74) is 0.653. The lowest BCUT2D eigenvalue weighted by Gasteiger charge is -2.07. The minimum atomic E-state index is -0.249. The number of hydrogen-bond donors (Lipinski definition) is 2. The summed E-state index contributed by atoms with van der Waals surface area (Å²) in [5.74, 6) is -0.249. The first-order chi connectivity index (χ1) is 7.74. The van der Waals surface area contributed by atoms with Crippen molar-refractivity contribution in [2.75, 3.05) is 19.6 Å².